The smallest absolute Gasteiger partial charge is 0.333 e. The van der Waals surface area contributed by atoms with Gasteiger partial charge in [0.15, 0.2) is 9.04 Å². The van der Waals surface area contributed by atoms with Crippen LogP contribution in [0.15, 0.2) is 24.3 Å². The maximum Gasteiger partial charge on any atom is 0.333 e. The van der Waals surface area contributed by atoms with Gasteiger partial charge >= 0.3 is 8.56 Å². The van der Waals surface area contributed by atoms with E-state index in [1.54, 1.807) is 24.3 Å². The summed E-state index contributed by atoms with van der Waals surface area (Å²) in [5.74, 6) is -0.915. The van der Waals surface area contributed by atoms with E-state index in [2.05, 4.69) is 55.4 Å². The van der Waals surface area contributed by atoms with E-state index in [-0.39, 0.29) is 28.8 Å². The largest absolute Gasteiger partial charge is 0.437 e. The van der Waals surface area contributed by atoms with Crippen molar-refractivity contribution in [1.29, 1.82) is 0 Å². The molecule has 1 aromatic carbocycles. The van der Waals surface area contributed by atoms with Gasteiger partial charge in [0, 0.05) is 19.6 Å². The van der Waals surface area contributed by atoms with Crippen LogP contribution in [0.5, 0.6) is 0 Å². The molecule has 0 bridgehead atoms. The van der Waals surface area contributed by atoms with Crippen LogP contribution < -0.4 is 0 Å². The number of nitrogens with zero attached hydrogens (tertiary/aromatic N) is 1. The topological polar surface area (TPSA) is 85.3 Å². The molecule has 1 aliphatic heterocycles. The number of ether oxygens (including phenoxy) is 1. The van der Waals surface area contributed by atoms with E-state index >= 15 is 0 Å². The highest BCUT2D eigenvalue weighted by Crippen LogP contribution is 2.41. The van der Waals surface area contributed by atoms with Crippen molar-refractivity contribution in [3.63, 3.8) is 0 Å². The molecule has 7 nitrogen and oxygen atoms in total. The van der Waals surface area contributed by atoms with Crippen molar-refractivity contribution in [3.8, 4) is 0 Å². The summed E-state index contributed by atoms with van der Waals surface area (Å²) in [7, 11) is -2.66. The lowest BCUT2D eigenvalue weighted by atomic mass is 10.1. The number of aliphatic hydroxyl groups is 1. The minimum atomic E-state index is -2.64. The van der Waals surface area contributed by atoms with E-state index in [0.29, 0.717) is 35.2 Å². The zero-order valence-corrected chi connectivity index (χ0v) is 25.5. The third kappa shape index (κ3) is 5.28. The SMILES string of the molecule is CO[C@@H]1[C@H](O)[C@@H](CO[Si](O[SiH](C(C)C)C(C)C)(C(C)C)C(C)C)C[C@H]1N1C(=O)c2ccccc2C1=O. The highest BCUT2D eigenvalue weighted by molar-refractivity contribution is 6.78. The van der Waals surface area contributed by atoms with Crippen LogP contribution >= 0.6 is 0 Å². The van der Waals surface area contributed by atoms with E-state index in [4.69, 9.17) is 13.3 Å². The van der Waals surface area contributed by atoms with Gasteiger partial charge in [-0.05, 0) is 40.7 Å². The third-order valence-electron chi connectivity index (χ3n) is 7.94. The molecule has 2 aliphatic rings. The molecule has 2 amide bonds. The van der Waals surface area contributed by atoms with Gasteiger partial charge in [0.25, 0.3) is 11.8 Å². The lowest BCUT2D eigenvalue weighted by Crippen LogP contribution is -2.54. The van der Waals surface area contributed by atoms with Crippen molar-refractivity contribution in [2.24, 2.45) is 5.92 Å². The first-order chi connectivity index (χ1) is 16.9. The summed E-state index contributed by atoms with van der Waals surface area (Å²) >= 11 is 0. The molecule has 36 heavy (non-hydrogen) atoms. The average molecular weight is 536 g/mol. The predicted octanol–water partition coefficient (Wildman–Crippen LogP) is 4.89. The minimum Gasteiger partial charge on any atom is -0.437 e. The van der Waals surface area contributed by atoms with Crippen molar-refractivity contribution in [2.45, 2.75) is 102 Å². The Kier molecular flexibility index (Phi) is 9.38. The normalized spacial score (nSPS) is 24.9. The quantitative estimate of drug-likeness (QED) is 0.321. The molecule has 1 heterocycles. The maximum atomic E-state index is 13.1. The van der Waals surface area contributed by atoms with Crippen LogP contribution in [0.2, 0.25) is 22.2 Å². The van der Waals surface area contributed by atoms with Crippen molar-refractivity contribution in [3.05, 3.63) is 35.4 Å². The lowest BCUT2D eigenvalue weighted by Gasteiger charge is -2.43. The molecular formula is C27H45NO6Si2. The summed E-state index contributed by atoms with van der Waals surface area (Å²) < 4.78 is 19.5. The van der Waals surface area contributed by atoms with E-state index in [9.17, 15) is 14.7 Å². The van der Waals surface area contributed by atoms with Crippen LogP contribution in [-0.2, 0) is 13.3 Å². The zero-order chi connectivity index (χ0) is 26.9. The summed E-state index contributed by atoms with van der Waals surface area (Å²) in [5, 5.41) is 11.2. The van der Waals surface area contributed by atoms with Gasteiger partial charge < -0.3 is 18.4 Å². The molecule has 0 aromatic heterocycles. The number of aliphatic hydroxyl groups excluding tert-OH is 1. The van der Waals surface area contributed by atoms with E-state index in [1.165, 1.54) is 12.0 Å². The molecule has 1 aliphatic carbocycles. The predicted molar refractivity (Wildman–Crippen MR) is 146 cm³/mol. The summed E-state index contributed by atoms with van der Waals surface area (Å²) in [4.78, 5) is 27.6. The van der Waals surface area contributed by atoms with E-state index < -0.39 is 35.9 Å². The van der Waals surface area contributed by atoms with Crippen molar-refractivity contribution in [2.75, 3.05) is 13.7 Å². The average Bonchev–Trinajstić information content (AvgIpc) is 3.25. The molecule has 3 rings (SSSR count). The number of carbonyl (C=O) groups excluding carboxylic acids is 2. The number of amides is 2. The summed E-state index contributed by atoms with van der Waals surface area (Å²) in [6, 6.07) is 6.32. The standard InChI is InChI=1S/C27H45NO6Si2/c1-16(2)35(17(3)4)34-36(18(5)6,19(7)8)33-15-20-14-23(25(32-9)24(20)29)28-26(30)21-12-10-11-13-22(21)27(28)31/h10-13,16-20,23-25,29,35H,14-15H2,1-9H3/t20-,23-,24-,25+/m1/s1. The Labute approximate surface area is 219 Å². The van der Waals surface area contributed by atoms with Gasteiger partial charge in [-0.3, -0.25) is 14.5 Å². The van der Waals surface area contributed by atoms with Gasteiger partial charge in [0.05, 0.1) is 23.3 Å². The molecule has 0 spiro atoms. The number of imide groups is 1. The highest BCUT2D eigenvalue weighted by atomic mass is 28.4. The summed E-state index contributed by atoms with van der Waals surface area (Å²) in [5.41, 5.74) is 2.29. The van der Waals surface area contributed by atoms with Gasteiger partial charge in [-0.15, -0.1) is 0 Å². The first-order valence-electron chi connectivity index (χ1n) is 13.4. The number of hydrogen-bond acceptors (Lipinski definition) is 6. The van der Waals surface area contributed by atoms with Crippen molar-refractivity contribution >= 4 is 29.4 Å². The Morgan fingerprint density at radius 3 is 1.89 bits per heavy atom. The molecule has 0 unspecified atom stereocenters. The number of carbonyl (C=O) groups is 2. The molecule has 0 radical (unpaired) electrons. The van der Waals surface area contributed by atoms with Gasteiger partial charge in [-0.25, -0.2) is 0 Å². The molecule has 1 aromatic rings. The second kappa shape index (κ2) is 11.6. The van der Waals surface area contributed by atoms with Crippen LogP contribution in [0.4, 0.5) is 0 Å². The Bertz CT molecular complexity index is 886. The molecule has 1 N–H and O–H groups in total. The molecule has 1 saturated carbocycles. The van der Waals surface area contributed by atoms with Crippen LogP contribution in [-0.4, -0.2) is 71.4 Å². The molecule has 0 saturated heterocycles. The van der Waals surface area contributed by atoms with E-state index in [1.807, 2.05) is 0 Å². The highest BCUT2D eigenvalue weighted by Gasteiger charge is 2.53. The molecule has 202 valence electrons. The van der Waals surface area contributed by atoms with Crippen LogP contribution in [0.25, 0.3) is 0 Å². The Hall–Kier alpha value is -1.37. The molecular weight excluding hydrogens is 490 g/mol. The maximum absolute atomic E-state index is 13.1. The first kappa shape index (κ1) is 29.2. The fraction of sp³-hybridized carbons (Fsp3) is 0.704. The molecule has 4 atom stereocenters. The number of rotatable bonds is 11. The second-order valence-electron chi connectivity index (χ2n) is 11.7. The monoisotopic (exact) mass is 535 g/mol. The Morgan fingerprint density at radius 1 is 0.972 bits per heavy atom. The summed E-state index contributed by atoms with van der Waals surface area (Å²) in [6.07, 6.45) is -1.08. The van der Waals surface area contributed by atoms with Gasteiger partial charge in [-0.1, -0.05) is 67.5 Å². The number of fused-ring (bicyclic) bond motifs is 1. The van der Waals surface area contributed by atoms with Gasteiger partial charge in [-0.2, -0.15) is 0 Å². The van der Waals surface area contributed by atoms with E-state index in [0.717, 1.165) is 0 Å². The van der Waals surface area contributed by atoms with Crippen LogP contribution in [0.1, 0.15) is 82.5 Å². The Morgan fingerprint density at radius 2 is 1.47 bits per heavy atom. The first-order valence-corrected chi connectivity index (χ1v) is 17.1. The number of hydrogen-bond donors (Lipinski definition) is 1. The van der Waals surface area contributed by atoms with Crippen LogP contribution in [0.3, 0.4) is 0 Å². The number of benzene rings is 1. The fourth-order valence-corrected chi connectivity index (χ4v) is 16.4. The van der Waals surface area contributed by atoms with Crippen molar-refractivity contribution < 1.29 is 28.0 Å². The fourth-order valence-electron chi connectivity index (χ4n) is 6.10. The van der Waals surface area contributed by atoms with Gasteiger partial charge in [0.1, 0.15) is 6.10 Å². The number of methoxy groups -OCH3 is 1. The molecule has 9 heteroatoms. The lowest BCUT2D eigenvalue weighted by molar-refractivity contribution is -0.0361. The minimum absolute atomic E-state index is 0.244. The summed E-state index contributed by atoms with van der Waals surface area (Å²) in [6.45, 7) is 18.0. The zero-order valence-electron chi connectivity index (χ0n) is 23.4. The second-order valence-corrected chi connectivity index (χ2v) is 20.3. The Balaban J connectivity index is 1.83. The van der Waals surface area contributed by atoms with Crippen molar-refractivity contribution in [1.82, 2.24) is 4.90 Å². The molecule has 1 fully saturated rings. The third-order valence-corrected chi connectivity index (χ3v) is 17.0. The van der Waals surface area contributed by atoms with Crippen LogP contribution in [0, 0.1) is 5.92 Å². The van der Waals surface area contributed by atoms with Gasteiger partial charge in [0.2, 0.25) is 0 Å².